The fourth-order valence-corrected chi connectivity index (χ4v) is 3.90. The third-order valence-corrected chi connectivity index (χ3v) is 5.52. The van der Waals surface area contributed by atoms with E-state index in [-0.39, 0.29) is 17.0 Å². The Morgan fingerprint density at radius 1 is 1.18 bits per heavy atom. The summed E-state index contributed by atoms with van der Waals surface area (Å²) in [5, 5.41) is 22.4. The van der Waals surface area contributed by atoms with E-state index in [4.69, 9.17) is 4.42 Å². The fraction of sp³-hybridized carbons (Fsp3) is 0.154. The second-order valence-corrected chi connectivity index (χ2v) is 7.91. The van der Waals surface area contributed by atoms with Crippen molar-refractivity contribution in [2.75, 3.05) is 5.32 Å². The Hall–Kier alpha value is -4.44. The predicted octanol–water partition coefficient (Wildman–Crippen LogP) is 5.21. The van der Waals surface area contributed by atoms with Gasteiger partial charge >= 0.3 is 5.97 Å². The number of para-hydroxylation sites is 1. The summed E-state index contributed by atoms with van der Waals surface area (Å²) in [7, 11) is 0. The van der Waals surface area contributed by atoms with Crippen LogP contribution in [0.25, 0.3) is 22.3 Å². The molecule has 7 nitrogen and oxygen atoms in total. The van der Waals surface area contributed by atoms with E-state index in [2.05, 4.69) is 10.3 Å². The molecule has 0 unspecified atom stereocenters. The number of nitrogens with zero attached hydrogens (tertiary/aromatic N) is 2. The van der Waals surface area contributed by atoms with E-state index in [1.165, 1.54) is 12.3 Å². The molecule has 2 aromatic heterocycles. The van der Waals surface area contributed by atoms with Crippen LogP contribution in [0.4, 0.5) is 5.69 Å². The van der Waals surface area contributed by atoms with Crippen LogP contribution in [0.15, 0.2) is 64.1 Å². The zero-order valence-electron chi connectivity index (χ0n) is 18.3. The van der Waals surface area contributed by atoms with Crippen molar-refractivity contribution >= 4 is 22.6 Å². The summed E-state index contributed by atoms with van der Waals surface area (Å²) in [6.07, 6.45) is 3.00. The van der Waals surface area contributed by atoms with E-state index in [1.54, 1.807) is 43.5 Å². The fourth-order valence-electron chi connectivity index (χ4n) is 3.90. The number of hydrogen-bond donors (Lipinski definition) is 2. The number of pyridine rings is 1. The van der Waals surface area contributed by atoms with Crippen LogP contribution >= 0.6 is 0 Å². The number of rotatable bonds is 5. The number of aryl methyl sites for hydroxylation is 1. The third kappa shape index (κ3) is 4.06. The number of carboxylic acid groups (broad SMARTS) is 1. The molecule has 2 heterocycles. The van der Waals surface area contributed by atoms with Crippen molar-refractivity contribution in [3.05, 3.63) is 92.9 Å². The lowest BCUT2D eigenvalue weighted by Gasteiger charge is -2.20. The lowest BCUT2D eigenvalue weighted by Crippen LogP contribution is -2.14. The zero-order valence-corrected chi connectivity index (χ0v) is 18.3. The minimum atomic E-state index is -1.03. The van der Waals surface area contributed by atoms with Crippen LogP contribution in [0.5, 0.6) is 0 Å². The van der Waals surface area contributed by atoms with Gasteiger partial charge in [0.1, 0.15) is 17.4 Å². The average molecular weight is 439 g/mol. The molecule has 0 aliphatic carbocycles. The topological polar surface area (TPSA) is 116 Å². The van der Waals surface area contributed by atoms with Crippen molar-refractivity contribution in [3.63, 3.8) is 0 Å². The standard InChI is InChI=1S/C26H21N3O4/c1-14-8-20(16(3)29-22-7-5-4-6-19(22)26(31)32)25-21(9-14)23(30)15(2)24(33-25)18-10-17(11-27)12-28-13-18/h4-10,12-13,16,29H,1-3H3,(H,31,32)/t16-/m1/s1. The molecule has 164 valence electrons. The molecule has 4 aromatic rings. The van der Waals surface area contributed by atoms with Gasteiger partial charge in [-0.3, -0.25) is 9.78 Å². The summed E-state index contributed by atoms with van der Waals surface area (Å²) >= 11 is 0. The monoisotopic (exact) mass is 439 g/mol. The highest BCUT2D eigenvalue weighted by Gasteiger charge is 2.20. The maximum absolute atomic E-state index is 13.3. The van der Waals surface area contributed by atoms with E-state index in [9.17, 15) is 20.0 Å². The van der Waals surface area contributed by atoms with Gasteiger partial charge < -0.3 is 14.8 Å². The second-order valence-electron chi connectivity index (χ2n) is 7.91. The van der Waals surface area contributed by atoms with Crippen molar-refractivity contribution in [2.45, 2.75) is 26.8 Å². The summed E-state index contributed by atoms with van der Waals surface area (Å²) in [4.78, 5) is 29.0. The summed E-state index contributed by atoms with van der Waals surface area (Å²) in [5.41, 5.74) is 3.77. The number of aromatic nitrogens is 1. The first kappa shape index (κ1) is 21.8. The van der Waals surface area contributed by atoms with Crippen LogP contribution in [0, 0.1) is 25.2 Å². The largest absolute Gasteiger partial charge is 0.478 e. The molecule has 0 bridgehead atoms. The van der Waals surface area contributed by atoms with E-state index < -0.39 is 5.97 Å². The van der Waals surface area contributed by atoms with Crippen LogP contribution in [0.1, 0.15) is 45.6 Å². The van der Waals surface area contributed by atoms with Gasteiger partial charge in [0, 0.05) is 34.8 Å². The van der Waals surface area contributed by atoms with Crippen molar-refractivity contribution < 1.29 is 14.3 Å². The maximum atomic E-state index is 13.3. The molecule has 0 amide bonds. The number of carboxylic acids is 1. The number of hydrogen-bond acceptors (Lipinski definition) is 6. The first-order valence-electron chi connectivity index (χ1n) is 10.3. The van der Waals surface area contributed by atoms with E-state index in [1.807, 2.05) is 26.0 Å². The molecule has 0 saturated heterocycles. The van der Waals surface area contributed by atoms with Gasteiger partial charge in [-0.05, 0) is 50.6 Å². The number of nitrogens with one attached hydrogen (secondary N) is 1. The Balaban J connectivity index is 1.90. The molecular weight excluding hydrogens is 418 g/mol. The van der Waals surface area contributed by atoms with Crippen molar-refractivity contribution in [3.8, 4) is 17.4 Å². The van der Waals surface area contributed by atoms with Crippen LogP contribution in [0.2, 0.25) is 0 Å². The van der Waals surface area contributed by atoms with Gasteiger partial charge in [0.25, 0.3) is 0 Å². The van der Waals surface area contributed by atoms with Crippen LogP contribution < -0.4 is 10.7 Å². The highest BCUT2D eigenvalue weighted by molar-refractivity contribution is 5.94. The van der Waals surface area contributed by atoms with Crippen LogP contribution in [0.3, 0.4) is 0 Å². The molecule has 7 heteroatoms. The number of nitriles is 1. The first-order chi connectivity index (χ1) is 15.8. The Labute approximate surface area is 190 Å². The highest BCUT2D eigenvalue weighted by atomic mass is 16.4. The third-order valence-electron chi connectivity index (χ3n) is 5.52. The predicted molar refractivity (Wildman–Crippen MR) is 125 cm³/mol. The van der Waals surface area contributed by atoms with E-state index in [0.717, 1.165) is 5.56 Å². The summed E-state index contributed by atoms with van der Waals surface area (Å²) < 4.78 is 6.28. The molecule has 0 spiro atoms. The van der Waals surface area contributed by atoms with Gasteiger partial charge in [0.05, 0.1) is 22.6 Å². The van der Waals surface area contributed by atoms with Gasteiger partial charge in [-0.15, -0.1) is 0 Å². The molecule has 0 aliphatic rings. The Bertz CT molecular complexity index is 1500. The first-order valence-corrected chi connectivity index (χ1v) is 10.3. The van der Waals surface area contributed by atoms with Gasteiger partial charge in [-0.1, -0.05) is 18.2 Å². The Morgan fingerprint density at radius 2 is 1.94 bits per heavy atom. The molecule has 0 fully saturated rings. The molecular formula is C26H21N3O4. The molecule has 4 rings (SSSR count). The van der Waals surface area contributed by atoms with Crippen LogP contribution in [-0.4, -0.2) is 16.1 Å². The summed E-state index contributed by atoms with van der Waals surface area (Å²) in [6.45, 7) is 5.46. The molecule has 0 saturated carbocycles. The van der Waals surface area contributed by atoms with Gasteiger partial charge in [0.15, 0.2) is 5.43 Å². The van der Waals surface area contributed by atoms with Gasteiger partial charge in [0.2, 0.25) is 0 Å². The molecule has 1 atom stereocenters. The van der Waals surface area contributed by atoms with Gasteiger partial charge in [-0.25, -0.2) is 4.79 Å². The normalized spacial score (nSPS) is 11.7. The number of aromatic carboxylic acids is 1. The Morgan fingerprint density at radius 3 is 2.67 bits per heavy atom. The number of fused-ring (bicyclic) bond motifs is 1. The zero-order chi connectivity index (χ0) is 23.7. The molecule has 0 aliphatic heterocycles. The number of benzene rings is 2. The van der Waals surface area contributed by atoms with Crippen LogP contribution in [-0.2, 0) is 0 Å². The molecule has 33 heavy (non-hydrogen) atoms. The minimum absolute atomic E-state index is 0.152. The molecule has 2 N–H and O–H groups in total. The minimum Gasteiger partial charge on any atom is -0.478 e. The lowest BCUT2D eigenvalue weighted by molar-refractivity contribution is 0.0698. The van der Waals surface area contributed by atoms with Gasteiger partial charge in [-0.2, -0.15) is 5.26 Å². The van der Waals surface area contributed by atoms with Crippen molar-refractivity contribution in [2.24, 2.45) is 0 Å². The number of anilines is 1. The summed E-state index contributed by atoms with van der Waals surface area (Å²) in [6, 6.07) is 13.7. The average Bonchev–Trinajstić information content (AvgIpc) is 2.81. The second kappa shape index (κ2) is 8.60. The smallest absolute Gasteiger partial charge is 0.337 e. The molecule has 0 radical (unpaired) electrons. The lowest BCUT2D eigenvalue weighted by atomic mass is 9.98. The van der Waals surface area contributed by atoms with Crippen molar-refractivity contribution in [1.29, 1.82) is 5.26 Å². The SMILES string of the molecule is Cc1cc([C@@H](C)Nc2ccccc2C(=O)O)c2oc(-c3cncc(C#N)c3)c(C)c(=O)c2c1. The van der Waals surface area contributed by atoms with E-state index >= 15 is 0 Å². The number of carbonyl (C=O) groups is 1. The van der Waals surface area contributed by atoms with E-state index in [0.29, 0.717) is 44.7 Å². The quantitative estimate of drug-likeness (QED) is 0.438. The summed E-state index contributed by atoms with van der Waals surface area (Å²) in [5.74, 6) is -0.686. The Kier molecular flexibility index (Phi) is 5.67. The maximum Gasteiger partial charge on any atom is 0.337 e. The van der Waals surface area contributed by atoms with Crippen molar-refractivity contribution in [1.82, 2.24) is 4.98 Å². The highest BCUT2D eigenvalue weighted by Crippen LogP contribution is 2.32. The molecule has 2 aromatic carbocycles.